The third-order valence-corrected chi connectivity index (χ3v) is 9.04. The van der Waals surface area contributed by atoms with Gasteiger partial charge in [0.1, 0.15) is 40.2 Å². The number of nitrogens with one attached hydrogen (secondary N) is 1. The van der Waals surface area contributed by atoms with Crippen LogP contribution in [0.1, 0.15) is 70.1 Å². The van der Waals surface area contributed by atoms with Gasteiger partial charge in [0.2, 0.25) is 11.8 Å². The molecule has 0 aliphatic rings. The Kier molecular flexibility index (Phi) is 21.1. The van der Waals surface area contributed by atoms with Gasteiger partial charge < -0.3 is 25.3 Å². The van der Waals surface area contributed by atoms with Gasteiger partial charge in [0.25, 0.3) is 28.2 Å². The van der Waals surface area contributed by atoms with E-state index < -0.39 is 32.7 Å². The first-order valence-corrected chi connectivity index (χ1v) is 18.7. The summed E-state index contributed by atoms with van der Waals surface area (Å²) in [5.41, 5.74) is -2.55. The molecular weight excluding hydrogens is 841 g/mol. The summed E-state index contributed by atoms with van der Waals surface area (Å²) >= 11 is 0. The Labute approximate surface area is 360 Å². The number of quaternary nitrogens is 1. The molecule has 2 aromatic heterocycles. The van der Waals surface area contributed by atoms with E-state index in [9.17, 15) is 55.5 Å². The van der Waals surface area contributed by atoms with Gasteiger partial charge in [-0.05, 0) is 58.2 Å². The van der Waals surface area contributed by atoms with Crippen molar-refractivity contribution in [3.05, 3.63) is 105 Å². The molecule has 4 rings (SSSR count). The molecule has 0 saturated carbocycles. The molecule has 0 aliphatic heterocycles. The third-order valence-electron chi connectivity index (χ3n) is 9.04. The Balaban J connectivity index is 0.000000530. The van der Waals surface area contributed by atoms with Crippen LogP contribution >= 0.6 is 0 Å². The maximum Gasteiger partial charge on any atom is 0.271 e. The number of nitrogens with zero attached hydrogens (tertiary/aromatic N) is 10. The molecular formula is C39H48CoN11O10+. The average Bonchev–Trinajstić information content (AvgIpc) is 3.22. The predicted octanol–water partition coefficient (Wildman–Crippen LogP) is 7.34. The Hall–Kier alpha value is -7.01. The van der Waals surface area contributed by atoms with Gasteiger partial charge in [0.05, 0.1) is 36.6 Å². The third kappa shape index (κ3) is 13.5. The van der Waals surface area contributed by atoms with Crippen molar-refractivity contribution in [3.63, 3.8) is 0 Å². The Morgan fingerprint density at radius 1 is 0.754 bits per heavy atom. The molecule has 0 aliphatic carbocycles. The number of nitriles is 1. The summed E-state index contributed by atoms with van der Waals surface area (Å²) in [6.07, 6.45) is 2.74. The maximum atomic E-state index is 12.3. The van der Waals surface area contributed by atoms with Crippen LogP contribution < -0.4 is 16.0 Å². The molecule has 0 bridgehead atoms. The molecule has 0 amide bonds. The van der Waals surface area contributed by atoms with E-state index in [0.717, 1.165) is 58.4 Å². The number of phenolic OH excluding ortho intramolecular Hbond substituents is 2. The van der Waals surface area contributed by atoms with Crippen LogP contribution in [0, 0.1) is 52.0 Å². The van der Waals surface area contributed by atoms with Crippen LogP contribution in [0.5, 0.6) is 23.3 Å². The van der Waals surface area contributed by atoms with Crippen LogP contribution in [0.2, 0.25) is 0 Å². The van der Waals surface area contributed by atoms with E-state index >= 15 is 0 Å². The number of aromatic nitrogens is 2. The number of azo groups is 2. The fourth-order valence-corrected chi connectivity index (χ4v) is 5.02. The van der Waals surface area contributed by atoms with E-state index in [1.54, 1.807) is 11.0 Å². The number of pyridine rings is 2. The second-order valence-electron chi connectivity index (χ2n) is 13.1. The molecule has 4 aromatic rings. The minimum atomic E-state index is -0.653. The summed E-state index contributed by atoms with van der Waals surface area (Å²) in [7, 11) is 2.19. The van der Waals surface area contributed by atoms with Gasteiger partial charge in [0.15, 0.2) is 5.69 Å². The van der Waals surface area contributed by atoms with Gasteiger partial charge in [0, 0.05) is 59.7 Å². The van der Waals surface area contributed by atoms with Gasteiger partial charge in [-0.25, -0.2) is 4.85 Å². The van der Waals surface area contributed by atoms with Crippen LogP contribution in [0.4, 0.5) is 39.8 Å². The molecule has 1 radical (unpaired) electrons. The van der Waals surface area contributed by atoms with Gasteiger partial charge in [-0.1, -0.05) is 26.7 Å². The predicted molar refractivity (Wildman–Crippen MR) is 221 cm³/mol. The van der Waals surface area contributed by atoms with Crippen LogP contribution in [-0.4, -0.2) is 59.5 Å². The minimum absolute atomic E-state index is 0. The summed E-state index contributed by atoms with van der Waals surface area (Å²) in [6.45, 7) is 21.2. The van der Waals surface area contributed by atoms with Crippen molar-refractivity contribution in [2.24, 2.45) is 20.5 Å². The van der Waals surface area contributed by atoms with E-state index in [-0.39, 0.29) is 97.9 Å². The second kappa shape index (κ2) is 24.8. The van der Waals surface area contributed by atoms with Crippen LogP contribution in [0.15, 0.2) is 66.4 Å². The van der Waals surface area contributed by atoms with Crippen LogP contribution in [-0.2, 0) is 29.9 Å². The van der Waals surface area contributed by atoms with E-state index in [4.69, 9.17) is 6.57 Å². The quantitative estimate of drug-likeness (QED) is 0.0361. The first-order valence-electron chi connectivity index (χ1n) is 18.7. The monoisotopic (exact) mass is 889 g/mol. The molecule has 0 fully saturated rings. The molecule has 0 atom stereocenters. The molecule has 22 heteroatoms. The minimum Gasteiger partial charge on any atom is -0.506 e. The van der Waals surface area contributed by atoms with Crippen molar-refractivity contribution < 1.29 is 52.0 Å². The second-order valence-corrected chi connectivity index (χ2v) is 13.1. The number of phenols is 2. The molecule has 0 unspecified atom stereocenters. The summed E-state index contributed by atoms with van der Waals surface area (Å²) in [5, 5.41) is 86.6. The molecule has 2 aromatic carbocycles. The van der Waals surface area contributed by atoms with Crippen molar-refractivity contribution in [2.75, 3.05) is 20.1 Å². The van der Waals surface area contributed by atoms with E-state index in [0.29, 0.717) is 12.8 Å². The standard InChI is InChI=1S/2C17H17N5O5.C5H13N.Co/c1-4-5-8-21-16(24)14(18-3)10(2)15(17(21)25)20-19-12-9-11(22(26)27)6-7-13(12)23;1-3-4-7-21-16(24)12(9-18)10(2)15(17(21)25)20-19-13-8-11(22(26)27)5-6-14(13)23;1-4-6(3)5-2;/h6-7,9,23,25H,4-5,8H2,1-2H3;5-6,8,23,25H,3-4,7H2,1-2H3;4-5H2,1-3H3;/p+1. The number of nitro groups is 2. The number of nitro benzene ring substituents is 2. The van der Waals surface area contributed by atoms with Gasteiger partial charge in [-0.2, -0.15) is 5.26 Å². The van der Waals surface area contributed by atoms with Crippen molar-refractivity contribution in [1.82, 2.24) is 9.13 Å². The van der Waals surface area contributed by atoms with Crippen LogP contribution in [0.3, 0.4) is 0 Å². The molecule has 61 heavy (non-hydrogen) atoms. The summed E-state index contributed by atoms with van der Waals surface area (Å²) < 4.78 is 2.09. The van der Waals surface area contributed by atoms with E-state index in [2.05, 4.69) is 46.2 Å². The van der Waals surface area contributed by atoms with Crippen LogP contribution in [0.25, 0.3) is 4.85 Å². The average molecular weight is 890 g/mol. The Bertz CT molecular complexity index is 2300. The molecule has 327 valence electrons. The summed E-state index contributed by atoms with van der Waals surface area (Å²) in [4.78, 5) is 49.9. The van der Waals surface area contributed by atoms with E-state index in [1.165, 1.54) is 26.9 Å². The zero-order valence-electron chi connectivity index (χ0n) is 34.7. The topological polar surface area (TPSA) is 293 Å². The number of aromatic hydroxyl groups is 4. The fraction of sp³-hybridized carbons (Fsp3) is 0.385. The van der Waals surface area contributed by atoms with Crippen molar-refractivity contribution >= 4 is 39.8 Å². The molecule has 0 spiro atoms. The Morgan fingerprint density at radius 2 is 1.16 bits per heavy atom. The van der Waals surface area contributed by atoms with Gasteiger partial charge in [-0.3, -0.25) is 39.0 Å². The maximum absolute atomic E-state index is 12.3. The van der Waals surface area contributed by atoms with Crippen molar-refractivity contribution in [2.45, 2.75) is 80.3 Å². The number of unbranched alkanes of at least 4 members (excludes halogenated alkanes) is 2. The van der Waals surface area contributed by atoms with Gasteiger partial charge in [-0.15, -0.1) is 20.5 Å². The molecule has 21 nitrogen and oxygen atoms in total. The van der Waals surface area contributed by atoms with Gasteiger partial charge >= 0.3 is 0 Å². The first-order chi connectivity index (χ1) is 28.4. The Morgan fingerprint density at radius 3 is 1.51 bits per heavy atom. The normalized spacial score (nSPS) is 10.6. The fourth-order valence-electron chi connectivity index (χ4n) is 5.02. The zero-order valence-corrected chi connectivity index (χ0v) is 35.7. The summed E-state index contributed by atoms with van der Waals surface area (Å²) in [6, 6.07) is 8.26. The number of rotatable bonds is 14. The van der Waals surface area contributed by atoms with E-state index in [1.807, 2.05) is 13.8 Å². The first kappa shape index (κ1) is 52.0. The van der Waals surface area contributed by atoms with Crippen molar-refractivity contribution in [3.8, 4) is 29.3 Å². The number of benzene rings is 2. The van der Waals surface area contributed by atoms with Crippen molar-refractivity contribution in [1.29, 1.82) is 5.26 Å². The smallest absolute Gasteiger partial charge is 0.271 e. The largest absolute Gasteiger partial charge is 0.506 e. The molecule has 2 heterocycles. The number of hydrogen-bond donors (Lipinski definition) is 5. The zero-order chi connectivity index (χ0) is 45.3. The number of hydrogen-bond acceptors (Lipinski definition) is 15. The SMILES string of the molecule is CCCCn1c(O)c(N=Nc2cc([N+](=O)[O-])ccc2O)c(C)c(C#N)c1=O.CC[NH+](C)CC.[C-]#[N+]c1c(C)c(N=Nc2cc([N+](=O)[O-])ccc2O)c(O)n(CCCC)c1=O.[Co]. The molecule has 0 saturated heterocycles. The molecule has 5 N–H and O–H groups in total. The summed E-state index contributed by atoms with van der Waals surface area (Å²) in [5.74, 6) is -1.60. The number of non-ortho nitro benzene ring substituents is 2.